The number of hydrogen-bond acceptors (Lipinski definition) is 3. The Morgan fingerprint density at radius 1 is 1.16 bits per heavy atom. The smallest absolute Gasteiger partial charge is 0.254 e. The molecule has 0 radical (unpaired) electrons. The number of hydrogen-bond donors (Lipinski definition) is 1. The van der Waals surface area contributed by atoms with E-state index in [1.807, 2.05) is 36.4 Å². The van der Waals surface area contributed by atoms with E-state index in [2.05, 4.69) is 10.3 Å². The first-order chi connectivity index (χ1) is 9.33. The fourth-order valence-electron chi connectivity index (χ4n) is 1.74. The Kier molecular flexibility index (Phi) is 3.51. The molecule has 1 aromatic carbocycles. The third kappa shape index (κ3) is 3.15. The average molecular weight is 270 g/mol. The molecule has 2 aromatic rings. The van der Waals surface area contributed by atoms with Crippen molar-refractivity contribution < 1.29 is 4.79 Å². The van der Waals surface area contributed by atoms with Crippen LogP contribution in [0.2, 0.25) is 0 Å². The summed E-state index contributed by atoms with van der Waals surface area (Å²) >= 11 is 1.52. The van der Waals surface area contributed by atoms with Gasteiger partial charge in [0.25, 0.3) is 5.91 Å². The maximum atomic E-state index is 12.1. The number of amides is 1. The molecule has 0 bridgehead atoms. The molecule has 19 heavy (non-hydrogen) atoms. The van der Waals surface area contributed by atoms with Crippen LogP contribution in [0.4, 0.5) is 0 Å². The number of aromatic nitrogens is 1. The molecule has 1 fully saturated rings. The second kappa shape index (κ2) is 5.45. The van der Waals surface area contributed by atoms with Gasteiger partial charge < -0.3 is 5.32 Å². The summed E-state index contributed by atoms with van der Waals surface area (Å²) in [4.78, 5) is 17.6. The fourth-order valence-corrected chi connectivity index (χ4v) is 2.64. The Morgan fingerprint density at radius 2 is 1.95 bits per heavy atom. The Hall–Kier alpha value is -1.81. The van der Waals surface area contributed by atoms with E-state index in [1.54, 1.807) is 12.3 Å². The lowest BCUT2D eigenvalue weighted by atomic mass is 10.2. The first-order valence-corrected chi connectivity index (χ1v) is 7.13. The SMILES string of the molecule is O=C(NC1CC1)c1cccnc1Sc1ccccc1. The van der Waals surface area contributed by atoms with Crippen molar-refractivity contribution in [2.75, 3.05) is 0 Å². The molecule has 1 aliphatic carbocycles. The number of carbonyl (C=O) groups excluding carboxylic acids is 1. The number of pyridine rings is 1. The Morgan fingerprint density at radius 3 is 2.68 bits per heavy atom. The quantitative estimate of drug-likeness (QED) is 0.928. The van der Waals surface area contributed by atoms with Crippen molar-refractivity contribution in [2.45, 2.75) is 28.8 Å². The summed E-state index contributed by atoms with van der Waals surface area (Å²) in [5.41, 5.74) is 0.656. The highest BCUT2D eigenvalue weighted by molar-refractivity contribution is 7.99. The van der Waals surface area contributed by atoms with Crippen LogP contribution in [0.3, 0.4) is 0 Å². The van der Waals surface area contributed by atoms with Gasteiger partial charge in [0.05, 0.1) is 5.56 Å². The molecular formula is C15H14N2OS. The lowest BCUT2D eigenvalue weighted by Gasteiger charge is -2.08. The van der Waals surface area contributed by atoms with Crippen LogP contribution in [0.5, 0.6) is 0 Å². The van der Waals surface area contributed by atoms with E-state index >= 15 is 0 Å². The molecule has 1 heterocycles. The highest BCUT2D eigenvalue weighted by atomic mass is 32.2. The molecule has 1 N–H and O–H groups in total. The summed E-state index contributed by atoms with van der Waals surface area (Å²) in [6.45, 7) is 0. The van der Waals surface area contributed by atoms with E-state index in [0.29, 0.717) is 11.6 Å². The van der Waals surface area contributed by atoms with Gasteiger partial charge in [-0.2, -0.15) is 0 Å². The molecule has 0 saturated heterocycles. The average Bonchev–Trinajstić information content (AvgIpc) is 3.24. The van der Waals surface area contributed by atoms with Crippen LogP contribution < -0.4 is 5.32 Å². The van der Waals surface area contributed by atoms with Crippen molar-refractivity contribution in [3.8, 4) is 0 Å². The molecule has 3 rings (SSSR count). The van der Waals surface area contributed by atoms with E-state index < -0.39 is 0 Å². The standard InChI is InChI=1S/C15H14N2OS/c18-14(17-11-8-9-11)13-7-4-10-16-15(13)19-12-5-2-1-3-6-12/h1-7,10-11H,8-9H2,(H,17,18). The maximum absolute atomic E-state index is 12.1. The van der Waals surface area contributed by atoms with E-state index in [0.717, 1.165) is 22.8 Å². The molecule has 0 unspecified atom stereocenters. The predicted molar refractivity (Wildman–Crippen MR) is 75.3 cm³/mol. The van der Waals surface area contributed by atoms with Crippen LogP contribution in [0.1, 0.15) is 23.2 Å². The zero-order chi connectivity index (χ0) is 13.1. The highest BCUT2D eigenvalue weighted by Gasteiger charge is 2.25. The van der Waals surface area contributed by atoms with Gasteiger partial charge in [0, 0.05) is 17.1 Å². The Balaban J connectivity index is 1.82. The Labute approximate surface area is 116 Å². The first kappa shape index (κ1) is 12.2. The molecule has 4 heteroatoms. The minimum atomic E-state index is -0.0194. The van der Waals surface area contributed by atoms with E-state index in [1.165, 1.54) is 11.8 Å². The van der Waals surface area contributed by atoms with Gasteiger partial charge in [-0.05, 0) is 37.1 Å². The van der Waals surface area contributed by atoms with Gasteiger partial charge >= 0.3 is 0 Å². The minimum absolute atomic E-state index is 0.0194. The topological polar surface area (TPSA) is 42.0 Å². The molecule has 0 aliphatic heterocycles. The lowest BCUT2D eigenvalue weighted by Crippen LogP contribution is -2.26. The van der Waals surface area contributed by atoms with Crippen molar-refractivity contribution in [2.24, 2.45) is 0 Å². The molecule has 96 valence electrons. The summed E-state index contributed by atoms with van der Waals surface area (Å²) in [5, 5.41) is 3.76. The number of benzene rings is 1. The van der Waals surface area contributed by atoms with Gasteiger partial charge in [-0.1, -0.05) is 30.0 Å². The zero-order valence-corrected chi connectivity index (χ0v) is 11.2. The van der Waals surface area contributed by atoms with Crippen molar-refractivity contribution in [3.63, 3.8) is 0 Å². The molecule has 3 nitrogen and oxygen atoms in total. The van der Waals surface area contributed by atoms with E-state index in [4.69, 9.17) is 0 Å². The maximum Gasteiger partial charge on any atom is 0.254 e. The molecule has 1 aromatic heterocycles. The van der Waals surface area contributed by atoms with Gasteiger partial charge in [-0.15, -0.1) is 0 Å². The molecule has 1 amide bonds. The van der Waals surface area contributed by atoms with Gasteiger partial charge in [0.1, 0.15) is 5.03 Å². The summed E-state index contributed by atoms with van der Waals surface area (Å²) in [5.74, 6) is -0.0194. The van der Waals surface area contributed by atoms with Crippen molar-refractivity contribution in [1.82, 2.24) is 10.3 Å². The molecule has 1 aliphatic rings. The second-order valence-electron chi connectivity index (χ2n) is 4.52. The number of nitrogens with one attached hydrogen (secondary N) is 1. The fraction of sp³-hybridized carbons (Fsp3) is 0.200. The molecular weight excluding hydrogens is 256 g/mol. The Bertz CT molecular complexity index is 582. The summed E-state index contributed by atoms with van der Waals surface area (Å²) in [6, 6.07) is 14.0. The second-order valence-corrected chi connectivity index (χ2v) is 5.58. The lowest BCUT2D eigenvalue weighted by molar-refractivity contribution is 0.0947. The van der Waals surface area contributed by atoms with Crippen LogP contribution in [0.15, 0.2) is 58.6 Å². The van der Waals surface area contributed by atoms with Crippen molar-refractivity contribution in [1.29, 1.82) is 0 Å². The normalized spacial score (nSPS) is 14.1. The largest absolute Gasteiger partial charge is 0.349 e. The van der Waals surface area contributed by atoms with Crippen LogP contribution in [-0.4, -0.2) is 16.9 Å². The van der Waals surface area contributed by atoms with Crippen LogP contribution in [0.25, 0.3) is 0 Å². The third-order valence-electron chi connectivity index (χ3n) is 2.89. The van der Waals surface area contributed by atoms with Gasteiger partial charge in [-0.25, -0.2) is 4.98 Å². The monoisotopic (exact) mass is 270 g/mol. The predicted octanol–water partition coefficient (Wildman–Crippen LogP) is 3.13. The van der Waals surface area contributed by atoms with Gasteiger partial charge in [-0.3, -0.25) is 4.79 Å². The van der Waals surface area contributed by atoms with Crippen LogP contribution >= 0.6 is 11.8 Å². The van der Waals surface area contributed by atoms with Crippen LogP contribution in [0, 0.1) is 0 Å². The minimum Gasteiger partial charge on any atom is -0.349 e. The van der Waals surface area contributed by atoms with Gasteiger partial charge in [0.2, 0.25) is 0 Å². The van der Waals surface area contributed by atoms with E-state index in [-0.39, 0.29) is 5.91 Å². The molecule has 0 spiro atoms. The van der Waals surface area contributed by atoms with Crippen molar-refractivity contribution in [3.05, 3.63) is 54.2 Å². The first-order valence-electron chi connectivity index (χ1n) is 6.32. The molecule has 1 saturated carbocycles. The number of carbonyl (C=O) groups is 1. The molecule has 0 atom stereocenters. The van der Waals surface area contributed by atoms with E-state index in [9.17, 15) is 4.79 Å². The highest BCUT2D eigenvalue weighted by Crippen LogP contribution is 2.29. The summed E-state index contributed by atoms with van der Waals surface area (Å²) in [6.07, 6.45) is 3.90. The van der Waals surface area contributed by atoms with Gasteiger partial charge in [0.15, 0.2) is 0 Å². The number of nitrogens with zero attached hydrogens (tertiary/aromatic N) is 1. The number of rotatable bonds is 4. The zero-order valence-electron chi connectivity index (χ0n) is 10.4. The summed E-state index contributed by atoms with van der Waals surface area (Å²) < 4.78 is 0. The van der Waals surface area contributed by atoms with Crippen LogP contribution in [-0.2, 0) is 0 Å². The van der Waals surface area contributed by atoms with Crippen molar-refractivity contribution >= 4 is 17.7 Å². The summed E-state index contributed by atoms with van der Waals surface area (Å²) in [7, 11) is 0. The third-order valence-corrected chi connectivity index (χ3v) is 3.91.